The summed E-state index contributed by atoms with van der Waals surface area (Å²) in [4.78, 5) is 51.5. The number of primary amides is 1. The number of nitrogens with two attached hydrogens (primary N) is 1. The van der Waals surface area contributed by atoms with Crippen LogP contribution in [0.25, 0.3) is 11.3 Å². The van der Waals surface area contributed by atoms with Crippen molar-refractivity contribution in [2.24, 2.45) is 5.73 Å². The van der Waals surface area contributed by atoms with Gasteiger partial charge in [0.1, 0.15) is 17.3 Å². The number of amides is 4. The highest BCUT2D eigenvalue weighted by Gasteiger charge is 2.27. The number of nitrogens with zero attached hydrogens (tertiary/aromatic N) is 5. The summed E-state index contributed by atoms with van der Waals surface area (Å²) in [6.07, 6.45) is 3.65. The second-order valence-corrected chi connectivity index (χ2v) is 10.4. The van der Waals surface area contributed by atoms with Crippen LogP contribution in [-0.4, -0.2) is 65.4 Å². The zero-order chi connectivity index (χ0) is 29.8. The Hall–Kier alpha value is -5.29. The summed E-state index contributed by atoms with van der Waals surface area (Å²) in [6, 6.07) is 22.0. The fourth-order valence-electron chi connectivity index (χ4n) is 5.31. The predicted octanol–water partition coefficient (Wildman–Crippen LogP) is 3.80. The number of hydrogen-bond acceptors (Lipinski definition) is 8. The molecule has 2 fully saturated rings. The molecule has 0 unspecified atom stereocenters. The van der Waals surface area contributed by atoms with Crippen LogP contribution in [0.5, 0.6) is 11.5 Å². The van der Waals surface area contributed by atoms with E-state index in [9.17, 15) is 14.4 Å². The van der Waals surface area contributed by atoms with Crippen LogP contribution in [0, 0.1) is 0 Å². The minimum atomic E-state index is -0.539. The highest BCUT2D eigenvalue weighted by Crippen LogP contribution is 2.29. The molecule has 11 heteroatoms. The van der Waals surface area contributed by atoms with Crippen LogP contribution < -0.4 is 25.6 Å². The van der Waals surface area contributed by atoms with E-state index in [0.717, 1.165) is 48.9 Å². The summed E-state index contributed by atoms with van der Waals surface area (Å²) >= 11 is 0. The average Bonchev–Trinajstić information content (AvgIpc) is 3.02. The summed E-state index contributed by atoms with van der Waals surface area (Å²) < 4.78 is 5.91. The minimum absolute atomic E-state index is 0.258. The number of anilines is 2. The molecule has 218 valence electrons. The van der Waals surface area contributed by atoms with E-state index in [0.29, 0.717) is 35.8 Å². The van der Waals surface area contributed by atoms with Crippen LogP contribution in [0.4, 0.5) is 16.3 Å². The lowest BCUT2D eigenvalue weighted by Crippen LogP contribution is -2.50. The van der Waals surface area contributed by atoms with E-state index in [2.05, 4.69) is 20.1 Å². The number of aromatic nitrogens is 2. The van der Waals surface area contributed by atoms with Crippen molar-refractivity contribution in [1.29, 1.82) is 0 Å². The van der Waals surface area contributed by atoms with E-state index < -0.39 is 11.9 Å². The number of carbonyl (C=O) groups is 3. The van der Waals surface area contributed by atoms with Crippen LogP contribution >= 0.6 is 0 Å². The van der Waals surface area contributed by atoms with Gasteiger partial charge in [0.2, 0.25) is 5.91 Å². The fourth-order valence-corrected chi connectivity index (χ4v) is 5.31. The molecular formula is C32H31N7O4. The van der Waals surface area contributed by atoms with Gasteiger partial charge in [-0.15, -0.1) is 0 Å². The molecule has 2 aliphatic heterocycles. The van der Waals surface area contributed by atoms with Gasteiger partial charge in [-0.05, 0) is 60.2 Å². The molecule has 43 heavy (non-hydrogen) atoms. The number of imide groups is 1. The standard InChI is InChI=1S/C32H31N7O4/c33-31(41)26-10-11-28(35-30(26)22-6-8-25(9-7-22)43-24-4-2-1-3-5-24)38-18-16-37(17-19-38)21-23-12-14-34-20-27(23)39-15-13-29(40)36-32(39)42/h1-12,14,20H,13,15-19,21H2,(H2,33,41)(H,36,40,42). The number of carbonyl (C=O) groups excluding carboxylic acids is 3. The van der Waals surface area contributed by atoms with Gasteiger partial charge in [0.25, 0.3) is 5.91 Å². The Morgan fingerprint density at radius 2 is 1.63 bits per heavy atom. The molecule has 2 aliphatic rings. The van der Waals surface area contributed by atoms with Gasteiger partial charge in [0, 0.05) is 57.4 Å². The number of piperazine rings is 1. The molecule has 0 bridgehead atoms. The fraction of sp³-hybridized carbons (Fsp3) is 0.219. The number of hydrogen-bond donors (Lipinski definition) is 2. The molecule has 11 nitrogen and oxygen atoms in total. The Morgan fingerprint density at radius 3 is 2.35 bits per heavy atom. The molecule has 0 atom stereocenters. The van der Waals surface area contributed by atoms with Crippen molar-refractivity contribution >= 4 is 29.4 Å². The first-order valence-electron chi connectivity index (χ1n) is 14.1. The number of ether oxygens (including phenoxy) is 1. The SMILES string of the molecule is NC(=O)c1ccc(N2CCN(Cc3ccncc3N3CCC(=O)NC3=O)CC2)nc1-c1ccc(Oc2ccccc2)cc1. The van der Waals surface area contributed by atoms with Gasteiger partial charge in [0.05, 0.1) is 23.1 Å². The van der Waals surface area contributed by atoms with Crippen LogP contribution in [-0.2, 0) is 11.3 Å². The Labute approximate surface area is 248 Å². The number of nitrogens with one attached hydrogen (secondary N) is 1. The lowest BCUT2D eigenvalue weighted by molar-refractivity contribution is -0.120. The molecule has 0 radical (unpaired) electrons. The highest BCUT2D eigenvalue weighted by molar-refractivity contribution is 6.05. The Kier molecular flexibility index (Phi) is 7.96. The van der Waals surface area contributed by atoms with Crippen LogP contribution in [0.3, 0.4) is 0 Å². The smallest absolute Gasteiger partial charge is 0.328 e. The first kappa shape index (κ1) is 27.9. The summed E-state index contributed by atoms with van der Waals surface area (Å²) in [7, 11) is 0. The molecule has 2 saturated heterocycles. The number of urea groups is 1. The predicted molar refractivity (Wildman–Crippen MR) is 162 cm³/mol. The molecule has 4 amide bonds. The zero-order valence-corrected chi connectivity index (χ0v) is 23.5. The number of pyridine rings is 2. The monoisotopic (exact) mass is 577 g/mol. The van der Waals surface area contributed by atoms with Crippen molar-refractivity contribution in [2.75, 3.05) is 42.5 Å². The quantitative estimate of drug-likeness (QED) is 0.323. The van der Waals surface area contributed by atoms with Crippen molar-refractivity contribution in [1.82, 2.24) is 20.2 Å². The van der Waals surface area contributed by atoms with Crippen LogP contribution in [0.1, 0.15) is 22.3 Å². The van der Waals surface area contributed by atoms with E-state index in [1.165, 1.54) is 0 Å². The summed E-state index contributed by atoms with van der Waals surface area (Å²) in [6.45, 7) is 3.96. The molecule has 4 heterocycles. The van der Waals surface area contributed by atoms with E-state index in [1.54, 1.807) is 23.4 Å². The van der Waals surface area contributed by atoms with Crippen LogP contribution in [0.15, 0.2) is 85.2 Å². The number of para-hydroxylation sites is 1. The van der Waals surface area contributed by atoms with Crippen molar-refractivity contribution in [3.8, 4) is 22.8 Å². The van der Waals surface area contributed by atoms with Gasteiger partial charge in [-0.25, -0.2) is 9.78 Å². The van der Waals surface area contributed by atoms with E-state index in [4.69, 9.17) is 15.5 Å². The van der Waals surface area contributed by atoms with E-state index in [-0.39, 0.29) is 12.3 Å². The van der Waals surface area contributed by atoms with Gasteiger partial charge in [-0.3, -0.25) is 29.7 Å². The summed E-state index contributed by atoms with van der Waals surface area (Å²) in [5, 5.41) is 2.38. The zero-order valence-electron chi connectivity index (χ0n) is 23.5. The Morgan fingerprint density at radius 1 is 0.884 bits per heavy atom. The van der Waals surface area contributed by atoms with Gasteiger partial charge >= 0.3 is 6.03 Å². The van der Waals surface area contributed by atoms with Crippen molar-refractivity contribution < 1.29 is 19.1 Å². The Balaban J connectivity index is 1.14. The van der Waals surface area contributed by atoms with Crippen molar-refractivity contribution in [2.45, 2.75) is 13.0 Å². The lowest BCUT2D eigenvalue weighted by atomic mass is 10.0. The molecule has 0 saturated carbocycles. The maximum absolute atomic E-state index is 12.4. The molecule has 6 rings (SSSR count). The first-order chi connectivity index (χ1) is 20.9. The second kappa shape index (κ2) is 12.3. The molecular weight excluding hydrogens is 546 g/mol. The third-order valence-corrected chi connectivity index (χ3v) is 7.58. The highest BCUT2D eigenvalue weighted by atomic mass is 16.5. The number of rotatable bonds is 8. The Bertz CT molecular complexity index is 1640. The molecule has 3 N–H and O–H groups in total. The average molecular weight is 578 g/mol. The topological polar surface area (TPSA) is 134 Å². The van der Waals surface area contributed by atoms with Crippen molar-refractivity contribution in [3.63, 3.8) is 0 Å². The van der Waals surface area contributed by atoms with E-state index >= 15 is 0 Å². The maximum atomic E-state index is 12.4. The van der Waals surface area contributed by atoms with E-state index in [1.807, 2.05) is 66.7 Å². The minimum Gasteiger partial charge on any atom is -0.457 e. The largest absolute Gasteiger partial charge is 0.457 e. The molecule has 2 aromatic heterocycles. The summed E-state index contributed by atoms with van der Waals surface area (Å²) in [5.41, 5.74) is 9.04. The van der Waals surface area contributed by atoms with Crippen molar-refractivity contribution in [3.05, 3.63) is 96.3 Å². The second-order valence-electron chi connectivity index (χ2n) is 10.4. The van der Waals surface area contributed by atoms with Crippen LogP contribution in [0.2, 0.25) is 0 Å². The number of benzene rings is 2. The maximum Gasteiger partial charge on any atom is 0.328 e. The molecule has 0 aliphatic carbocycles. The van der Waals surface area contributed by atoms with Gasteiger partial charge in [-0.2, -0.15) is 0 Å². The molecule has 2 aromatic carbocycles. The third kappa shape index (κ3) is 6.31. The summed E-state index contributed by atoms with van der Waals surface area (Å²) in [5.74, 6) is 1.38. The van der Waals surface area contributed by atoms with Gasteiger partial charge in [-0.1, -0.05) is 18.2 Å². The van der Waals surface area contributed by atoms with Gasteiger partial charge < -0.3 is 15.4 Å². The molecule has 4 aromatic rings. The normalized spacial score (nSPS) is 15.7. The first-order valence-corrected chi connectivity index (χ1v) is 14.1. The lowest BCUT2D eigenvalue weighted by Gasteiger charge is -2.36. The third-order valence-electron chi connectivity index (χ3n) is 7.58. The van der Waals surface area contributed by atoms with Gasteiger partial charge in [0.15, 0.2) is 0 Å². The molecule has 0 spiro atoms.